The topological polar surface area (TPSA) is 88.4 Å². The molecule has 0 unspecified atom stereocenters. The van der Waals surface area contributed by atoms with Gasteiger partial charge in [-0.25, -0.2) is 9.79 Å². The zero-order valence-electron chi connectivity index (χ0n) is 22.5. The molecule has 204 valence electrons. The molecule has 1 aromatic heterocycles. The lowest BCUT2D eigenvalue weighted by Gasteiger charge is -2.26. The molecule has 0 radical (unpaired) electrons. The molecule has 0 aliphatic carbocycles. The van der Waals surface area contributed by atoms with Crippen molar-refractivity contribution >= 4 is 29.1 Å². The van der Waals surface area contributed by atoms with Gasteiger partial charge in [-0.05, 0) is 42.8 Å². The highest BCUT2D eigenvalue weighted by Crippen LogP contribution is 2.36. The van der Waals surface area contributed by atoms with Crippen LogP contribution in [-0.4, -0.2) is 38.5 Å². The number of nitrogens with zero attached hydrogens (tertiary/aromatic N) is 2. The third-order valence-corrected chi connectivity index (χ3v) is 7.49. The Hall–Kier alpha value is -4.63. The highest BCUT2D eigenvalue weighted by molar-refractivity contribution is 7.07. The summed E-state index contributed by atoms with van der Waals surface area (Å²) in [4.78, 5) is 33.0. The van der Waals surface area contributed by atoms with Gasteiger partial charge in [0.1, 0.15) is 17.2 Å². The van der Waals surface area contributed by atoms with E-state index in [9.17, 15) is 9.59 Å². The summed E-state index contributed by atoms with van der Waals surface area (Å²) < 4.78 is 23.8. The quantitative estimate of drug-likeness (QED) is 0.306. The van der Waals surface area contributed by atoms with Crippen LogP contribution in [0.2, 0.25) is 0 Å². The predicted molar refractivity (Wildman–Crippen MR) is 154 cm³/mol. The molecule has 8 nitrogen and oxygen atoms in total. The van der Waals surface area contributed by atoms with Crippen molar-refractivity contribution in [2.75, 3.05) is 27.9 Å². The summed E-state index contributed by atoms with van der Waals surface area (Å²) >= 11 is 1.24. The highest BCUT2D eigenvalue weighted by atomic mass is 32.1. The van der Waals surface area contributed by atoms with E-state index in [1.54, 1.807) is 51.0 Å². The van der Waals surface area contributed by atoms with Gasteiger partial charge in [0, 0.05) is 17.2 Å². The lowest BCUT2D eigenvalue weighted by atomic mass is 9.93. The van der Waals surface area contributed by atoms with Crippen LogP contribution in [0.25, 0.3) is 11.8 Å². The molecule has 1 aliphatic rings. The molecule has 0 saturated carbocycles. The van der Waals surface area contributed by atoms with Crippen molar-refractivity contribution < 1.29 is 23.7 Å². The average Bonchev–Trinajstić information content (AvgIpc) is 3.31. The molecule has 1 atom stereocenters. The van der Waals surface area contributed by atoms with Crippen LogP contribution in [-0.2, 0) is 9.53 Å². The summed E-state index contributed by atoms with van der Waals surface area (Å²) in [7, 11) is 4.72. The van der Waals surface area contributed by atoms with Crippen molar-refractivity contribution in [1.29, 1.82) is 0 Å². The standard InChI is InChI=1S/C31H28N2O6S/c1-5-39-30(35)26-27(19-10-7-6-8-11-19)32-31-33(28(26)21-12-9-13-22(16-21)36-2)29(34)25(40-31)17-20-14-15-23(37-3)18-24(20)38-4/h6-18,28H,5H2,1-4H3/t28-/m0/s1. The maximum atomic E-state index is 14.1. The van der Waals surface area contributed by atoms with Crippen molar-refractivity contribution in [3.05, 3.63) is 115 Å². The number of methoxy groups -OCH3 is 3. The molecule has 0 spiro atoms. The van der Waals surface area contributed by atoms with Crippen LogP contribution in [0.5, 0.6) is 17.2 Å². The number of fused-ring (bicyclic) bond motifs is 1. The second-order valence-corrected chi connectivity index (χ2v) is 9.83. The minimum Gasteiger partial charge on any atom is -0.497 e. The van der Waals surface area contributed by atoms with Gasteiger partial charge in [-0.3, -0.25) is 9.36 Å². The summed E-state index contributed by atoms with van der Waals surface area (Å²) in [5.74, 6) is 1.26. The Balaban J connectivity index is 1.82. The van der Waals surface area contributed by atoms with Crippen LogP contribution in [0.15, 0.2) is 88.2 Å². The van der Waals surface area contributed by atoms with Crippen LogP contribution in [0.4, 0.5) is 0 Å². The summed E-state index contributed by atoms with van der Waals surface area (Å²) in [5, 5.41) is 0. The van der Waals surface area contributed by atoms with E-state index in [1.807, 2.05) is 60.7 Å². The minimum absolute atomic E-state index is 0.177. The van der Waals surface area contributed by atoms with E-state index in [0.29, 0.717) is 43.4 Å². The fourth-order valence-electron chi connectivity index (χ4n) is 4.65. The first-order valence-corrected chi connectivity index (χ1v) is 13.4. The normalized spacial score (nSPS) is 14.8. The van der Waals surface area contributed by atoms with Crippen LogP contribution in [0.1, 0.15) is 29.7 Å². The number of hydrogen-bond donors (Lipinski definition) is 0. The average molecular weight is 557 g/mol. The fraction of sp³-hybridized carbons (Fsp3) is 0.194. The molecule has 2 heterocycles. The maximum absolute atomic E-state index is 14.1. The monoisotopic (exact) mass is 556 g/mol. The molecule has 3 aromatic carbocycles. The van der Waals surface area contributed by atoms with Gasteiger partial charge in [0.25, 0.3) is 5.56 Å². The second-order valence-electron chi connectivity index (χ2n) is 8.82. The van der Waals surface area contributed by atoms with Crippen molar-refractivity contribution in [2.24, 2.45) is 4.99 Å². The van der Waals surface area contributed by atoms with Gasteiger partial charge in [-0.15, -0.1) is 0 Å². The Morgan fingerprint density at radius 1 is 0.950 bits per heavy atom. The second kappa shape index (κ2) is 11.6. The lowest BCUT2D eigenvalue weighted by molar-refractivity contribution is -0.138. The zero-order valence-corrected chi connectivity index (χ0v) is 23.4. The number of thiazole rings is 1. The van der Waals surface area contributed by atoms with Gasteiger partial charge in [0.05, 0.1) is 49.8 Å². The molecule has 0 amide bonds. The van der Waals surface area contributed by atoms with E-state index < -0.39 is 12.0 Å². The number of esters is 1. The molecule has 9 heteroatoms. The SMILES string of the molecule is CCOC(=O)C1=C(c2ccccc2)N=c2sc(=Cc3ccc(OC)cc3OC)c(=O)n2[C@H]1c1cccc(OC)c1. The summed E-state index contributed by atoms with van der Waals surface area (Å²) in [6, 6.07) is 21.4. The number of carbonyl (C=O) groups excluding carboxylic acids is 1. The minimum atomic E-state index is -0.791. The molecule has 4 aromatic rings. The largest absolute Gasteiger partial charge is 0.497 e. The van der Waals surface area contributed by atoms with Gasteiger partial charge in [-0.1, -0.05) is 53.8 Å². The lowest BCUT2D eigenvalue weighted by Crippen LogP contribution is -2.40. The number of benzene rings is 3. The molecule has 0 fully saturated rings. The van der Waals surface area contributed by atoms with Gasteiger partial charge in [-0.2, -0.15) is 0 Å². The van der Waals surface area contributed by atoms with E-state index in [-0.39, 0.29) is 17.7 Å². The third kappa shape index (κ3) is 5.03. The van der Waals surface area contributed by atoms with Crippen LogP contribution in [0.3, 0.4) is 0 Å². The van der Waals surface area contributed by atoms with E-state index >= 15 is 0 Å². The molecule has 0 N–H and O–H groups in total. The molecule has 40 heavy (non-hydrogen) atoms. The summed E-state index contributed by atoms with van der Waals surface area (Å²) in [6.07, 6.45) is 1.76. The van der Waals surface area contributed by atoms with Crippen LogP contribution in [0, 0.1) is 0 Å². The highest BCUT2D eigenvalue weighted by Gasteiger charge is 2.35. The molecule has 0 bridgehead atoms. The van der Waals surface area contributed by atoms with Gasteiger partial charge >= 0.3 is 5.97 Å². The number of hydrogen-bond acceptors (Lipinski definition) is 8. The number of ether oxygens (including phenoxy) is 4. The molecular formula is C31H28N2O6S. The molecule has 0 saturated heterocycles. The first kappa shape index (κ1) is 27.0. The number of aromatic nitrogens is 1. The van der Waals surface area contributed by atoms with Gasteiger partial charge in [0.2, 0.25) is 0 Å². The summed E-state index contributed by atoms with van der Waals surface area (Å²) in [5.41, 5.74) is 2.60. The molecule has 5 rings (SSSR count). The van der Waals surface area contributed by atoms with E-state index in [2.05, 4.69) is 0 Å². The zero-order chi connectivity index (χ0) is 28.2. The van der Waals surface area contributed by atoms with Crippen molar-refractivity contribution in [1.82, 2.24) is 4.57 Å². The van der Waals surface area contributed by atoms with Crippen molar-refractivity contribution in [3.63, 3.8) is 0 Å². The molecule has 1 aliphatic heterocycles. The van der Waals surface area contributed by atoms with E-state index in [0.717, 1.165) is 5.56 Å². The Morgan fingerprint density at radius 2 is 1.70 bits per heavy atom. The van der Waals surface area contributed by atoms with E-state index in [1.165, 1.54) is 11.3 Å². The van der Waals surface area contributed by atoms with Crippen molar-refractivity contribution in [3.8, 4) is 17.2 Å². The summed E-state index contributed by atoms with van der Waals surface area (Å²) in [6.45, 7) is 1.93. The smallest absolute Gasteiger partial charge is 0.338 e. The first-order valence-electron chi connectivity index (χ1n) is 12.6. The van der Waals surface area contributed by atoms with Gasteiger partial charge < -0.3 is 18.9 Å². The van der Waals surface area contributed by atoms with Gasteiger partial charge in [0.15, 0.2) is 4.80 Å². The first-order chi connectivity index (χ1) is 19.5. The third-order valence-electron chi connectivity index (χ3n) is 6.51. The predicted octanol–water partition coefficient (Wildman–Crippen LogP) is 3.96. The number of carbonyl (C=O) groups is 1. The Morgan fingerprint density at radius 3 is 2.40 bits per heavy atom. The van der Waals surface area contributed by atoms with Crippen molar-refractivity contribution in [2.45, 2.75) is 13.0 Å². The fourth-order valence-corrected chi connectivity index (χ4v) is 5.64. The Labute approximate surface area is 235 Å². The Bertz CT molecular complexity index is 1770. The Kier molecular flexibility index (Phi) is 7.84. The molecular weight excluding hydrogens is 528 g/mol. The maximum Gasteiger partial charge on any atom is 0.338 e. The van der Waals surface area contributed by atoms with Crippen LogP contribution >= 0.6 is 11.3 Å². The van der Waals surface area contributed by atoms with Crippen LogP contribution < -0.4 is 29.1 Å². The van der Waals surface area contributed by atoms with E-state index in [4.69, 9.17) is 23.9 Å². The number of rotatable bonds is 8.